The van der Waals surface area contributed by atoms with Gasteiger partial charge in [0.05, 0.1) is 0 Å². The molecule has 0 unspecified atom stereocenters. The summed E-state index contributed by atoms with van der Waals surface area (Å²) in [6.45, 7) is 1.48. The topological polar surface area (TPSA) is 46.3 Å². The number of thiophene rings is 1. The molecule has 2 heterocycles. The molecule has 0 fully saturated rings. The molecule has 0 aliphatic carbocycles. The number of halogens is 1. The van der Waals surface area contributed by atoms with Crippen LogP contribution in [0.25, 0.3) is 0 Å². The van der Waals surface area contributed by atoms with Crippen LogP contribution < -0.4 is 5.73 Å². The molecule has 0 radical (unpaired) electrons. The molecule has 1 aromatic heterocycles. The summed E-state index contributed by atoms with van der Waals surface area (Å²) in [5.41, 5.74) is 8.35. The van der Waals surface area contributed by atoms with E-state index in [1.165, 1.54) is 10.4 Å². The second-order valence-electron chi connectivity index (χ2n) is 4.58. The Morgan fingerprint density at radius 3 is 3.00 bits per heavy atom. The summed E-state index contributed by atoms with van der Waals surface area (Å²) in [5.74, 6) is 0.0519. The summed E-state index contributed by atoms with van der Waals surface area (Å²) < 4.78 is 0.822. The summed E-state index contributed by atoms with van der Waals surface area (Å²) in [6.07, 6.45) is 0.949. The van der Waals surface area contributed by atoms with Crippen molar-refractivity contribution < 1.29 is 4.79 Å². The fourth-order valence-corrected chi connectivity index (χ4v) is 3.42. The first kappa shape index (κ1) is 12.7. The molecule has 0 bridgehead atoms. The Balaban J connectivity index is 1.83. The molecule has 2 N–H and O–H groups in total. The van der Waals surface area contributed by atoms with E-state index in [-0.39, 0.29) is 5.91 Å². The molecule has 1 aromatic carbocycles. The van der Waals surface area contributed by atoms with Gasteiger partial charge in [-0.25, -0.2) is 0 Å². The quantitative estimate of drug-likeness (QED) is 0.812. The number of anilines is 1. The van der Waals surface area contributed by atoms with Gasteiger partial charge in [0.2, 0.25) is 0 Å². The van der Waals surface area contributed by atoms with Gasteiger partial charge in [-0.3, -0.25) is 4.79 Å². The van der Waals surface area contributed by atoms with Crippen molar-refractivity contribution >= 4 is 38.9 Å². The lowest BCUT2D eigenvalue weighted by Crippen LogP contribution is -2.35. The van der Waals surface area contributed by atoms with Crippen molar-refractivity contribution in [3.8, 4) is 0 Å². The third-order valence-corrected chi connectivity index (χ3v) is 5.08. The maximum Gasteiger partial charge on any atom is 0.254 e. The average molecular weight is 337 g/mol. The number of nitrogens with two attached hydrogens (primary N) is 1. The van der Waals surface area contributed by atoms with Crippen LogP contribution in [0.3, 0.4) is 0 Å². The van der Waals surface area contributed by atoms with E-state index in [9.17, 15) is 4.79 Å². The average Bonchev–Trinajstić information content (AvgIpc) is 2.88. The third-order valence-electron chi connectivity index (χ3n) is 3.34. The Kier molecular flexibility index (Phi) is 3.33. The molecular formula is C14H13BrN2OS. The molecule has 3 nitrogen and oxygen atoms in total. The highest BCUT2D eigenvalue weighted by Gasteiger charge is 2.22. The van der Waals surface area contributed by atoms with Crippen LogP contribution >= 0.6 is 27.3 Å². The molecule has 0 saturated carbocycles. The Hall–Kier alpha value is -1.33. The van der Waals surface area contributed by atoms with Crippen molar-refractivity contribution in [3.05, 3.63) is 50.1 Å². The summed E-state index contributed by atoms with van der Waals surface area (Å²) in [7, 11) is 0. The van der Waals surface area contributed by atoms with Crippen LogP contribution in [-0.4, -0.2) is 17.4 Å². The van der Waals surface area contributed by atoms with Crippen LogP contribution in [0.2, 0.25) is 0 Å². The van der Waals surface area contributed by atoms with Gasteiger partial charge in [-0.1, -0.05) is 0 Å². The van der Waals surface area contributed by atoms with Crippen molar-refractivity contribution in [3.63, 3.8) is 0 Å². The lowest BCUT2D eigenvalue weighted by molar-refractivity contribution is 0.0736. The number of carbonyl (C=O) groups excluding carboxylic acids is 1. The smallest absolute Gasteiger partial charge is 0.254 e. The molecule has 0 atom stereocenters. The van der Waals surface area contributed by atoms with Gasteiger partial charge in [-0.2, -0.15) is 0 Å². The first-order chi connectivity index (χ1) is 9.15. The summed E-state index contributed by atoms with van der Waals surface area (Å²) in [5, 5.41) is 2.09. The van der Waals surface area contributed by atoms with E-state index in [0.29, 0.717) is 17.8 Å². The normalized spacial score (nSPS) is 14.3. The molecule has 19 heavy (non-hydrogen) atoms. The monoisotopic (exact) mass is 336 g/mol. The highest BCUT2D eigenvalue weighted by Crippen LogP contribution is 2.26. The Morgan fingerprint density at radius 2 is 2.21 bits per heavy atom. The minimum Gasteiger partial charge on any atom is -0.398 e. The van der Waals surface area contributed by atoms with E-state index in [2.05, 4.69) is 27.4 Å². The van der Waals surface area contributed by atoms with Crippen LogP contribution in [0.1, 0.15) is 20.8 Å². The van der Waals surface area contributed by atoms with Crippen molar-refractivity contribution in [2.45, 2.75) is 13.0 Å². The molecule has 5 heteroatoms. The minimum absolute atomic E-state index is 0.0519. The molecule has 0 spiro atoms. The van der Waals surface area contributed by atoms with Crippen molar-refractivity contribution in [2.24, 2.45) is 0 Å². The Bertz CT molecular complexity index is 638. The number of nitrogen functional groups attached to an aromatic ring is 1. The van der Waals surface area contributed by atoms with E-state index in [0.717, 1.165) is 17.4 Å². The van der Waals surface area contributed by atoms with Crippen molar-refractivity contribution in [2.75, 3.05) is 12.3 Å². The summed E-state index contributed by atoms with van der Waals surface area (Å²) >= 11 is 5.12. The van der Waals surface area contributed by atoms with Gasteiger partial charge in [0.25, 0.3) is 5.91 Å². The molecule has 3 rings (SSSR count). The molecule has 1 aliphatic rings. The lowest BCUT2D eigenvalue weighted by Gasteiger charge is -2.27. The highest BCUT2D eigenvalue weighted by molar-refractivity contribution is 9.10. The first-order valence-corrected chi connectivity index (χ1v) is 7.72. The van der Waals surface area contributed by atoms with Gasteiger partial charge in [-0.15, -0.1) is 11.3 Å². The fourth-order valence-electron chi connectivity index (χ4n) is 2.28. The molecule has 1 amide bonds. The van der Waals surface area contributed by atoms with Gasteiger partial charge < -0.3 is 10.6 Å². The van der Waals surface area contributed by atoms with Gasteiger partial charge >= 0.3 is 0 Å². The fraction of sp³-hybridized carbons (Fsp3) is 0.214. The van der Waals surface area contributed by atoms with Gasteiger partial charge in [0, 0.05) is 33.7 Å². The molecule has 2 aromatic rings. The predicted molar refractivity (Wildman–Crippen MR) is 81.3 cm³/mol. The number of rotatable bonds is 1. The zero-order chi connectivity index (χ0) is 13.4. The van der Waals surface area contributed by atoms with Gasteiger partial charge in [-0.05, 0) is 57.6 Å². The van der Waals surface area contributed by atoms with Crippen LogP contribution in [0.4, 0.5) is 5.69 Å². The number of hydrogen-bond donors (Lipinski definition) is 1. The Labute approximate surface area is 124 Å². The second kappa shape index (κ2) is 4.98. The standard InChI is InChI=1S/C14H13BrN2OS/c15-11-2-1-9(7-12(11)16)14(18)17-5-3-13-10(8-17)4-6-19-13/h1-2,4,6-7H,3,5,8,16H2. The van der Waals surface area contributed by atoms with Crippen molar-refractivity contribution in [1.29, 1.82) is 0 Å². The van der Waals surface area contributed by atoms with Crippen molar-refractivity contribution in [1.82, 2.24) is 4.90 Å². The van der Waals surface area contributed by atoms with E-state index in [4.69, 9.17) is 5.73 Å². The molecular weight excluding hydrogens is 324 g/mol. The van der Waals surface area contributed by atoms with E-state index in [1.807, 2.05) is 17.0 Å². The Morgan fingerprint density at radius 1 is 1.37 bits per heavy atom. The lowest BCUT2D eigenvalue weighted by atomic mass is 10.1. The zero-order valence-corrected chi connectivity index (χ0v) is 12.6. The first-order valence-electron chi connectivity index (χ1n) is 6.04. The summed E-state index contributed by atoms with van der Waals surface area (Å²) in [4.78, 5) is 15.7. The zero-order valence-electron chi connectivity index (χ0n) is 10.2. The predicted octanol–water partition coefficient (Wildman–Crippen LogP) is 3.29. The number of carbonyl (C=O) groups is 1. The van der Waals surface area contributed by atoms with E-state index >= 15 is 0 Å². The van der Waals surface area contributed by atoms with Crippen LogP contribution in [0.15, 0.2) is 34.1 Å². The second-order valence-corrected chi connectivity index (χ2v) is 6.44. The maximum atomic E-state index is 12.5. The van der Waals surface area contributed by atoms with Crippen LogP contribution in [-0.2, 0) is 13.0 Å². The minimum atomic E-state index is 0.0519. The number of nitrogens with zero attached hydrogens (tertiary/aromatic N) is 1. The summed E-state index contributed by atoms with van der Waals surface area (Å²) in [6, 6.07) is 7.47. The molecule has 98 valence electrons. The highest BCUT2D eigenvalue weighted by atomic mass is 79.9. The largest absolute Gasteiger partial charge is 0.398 e. The molecule has 0 saturated heterocycles. The van der Waals surface area contributed by atoms with E-state index < -0.39 is 0 Å². The number of benzene rings is 1. The maximum absolute atomic E-state index is 12.5. The third kappa shape index (κ3) is 2.40. The van der Waals surface area contributed by atoms with E-state index in [1.54, 1.807) is 17.4 Å². The number of hydrogen-bond acceptors (Lipinski definition) is 3. The SMILES string of the molecule is Nc1cc(C(=O)N2CCc3sccc3C2)ccc1Br. The number of fused-ring (bicyclic) bond motifs is 1. The van der Waals surface area contributed by atoms with Crippen LogP contribution in [0, 0.1) is 0 Å². The molecule has 1 aliphatic heterocycles. The van der Waals surface area contributed by atoms with Crippen LogP contribution in [0.5, 0.6) is 0 Å². The number of amides is 1. The van der Waals surface area contributed by atoms with Gasteiger partial charge in [0.1, 0.15) is 0 Å². The van der Waals surface area contributed by atoms with Gasteiger partial charge in [0.15, 0.2) is 0 Å².